The zero-order valence-corrected chi connectivity index (χ0v) is 27.0. The first kappa shape index (κ1) is 33.8. The molecule has 1 amide bonds. The molecule has 3 aromatic carbocycles. The van der Waals surface area contributed by atoms with Gasteiger partial charge in [0.15, 0.2) is 12.8 Å². The van der Waals surface area contributed by atoms with Gasteiger partial charge in [0.1, 0.15) is 12.8 Å². The minimum Gasteiger partial charge on any atom is -0.459 e. The monoisotopic (exact) mass is 632 g/mol. The average Bonchev–Trinajstić information content (AvgIpc) is 3.49. The van der Waals surface area contributed by atoms with Gasteiger partial charge >= 0.3 is 11.9 Å². The first-order valence-electron chi connectivity index (χ1n) is 15.1. The number of amides is 1. The Morgan fingerprint density at radius 1 is 0.844 bits per heavy atom. The number of benzene rings is 3. The third-order valence-corrected chi connectivity index (χ3v) is 9.62. The standard InChI is InChI=1S/C35H41N2O7P/c1-35(2,3)34(40)43-26-44-45(41,22-14-13-17-27-15-7-4-8-16-27)25-32(38)37-31(23-30(36-37)29-20-11-6-12-21-29)33(39)42-24-28-18-9-5-10-19-28/h4-12,15-16,18-21,31H,13-14,17,22-26H2,1-3H3. The third kappa shape index (κ3) is 10.2. The highest BCUT2D eigenvalue weighted by molar-refractivity contribution is 7.59. The maximum Gasteiger partial charge on any atom is 0.331 e. The summed E-state index contributed by atoms with van der Waals surface area (Å²) in [5, 5.41) is 5.59. The first-order valence-corrected chi connectivity index (χ1v) is 17.1. The molecule has 4 rings (SSSR count). The fraction of sp³-hybridized carbons (Fsp3) is 0.371. The lowest BCUT2D eigenvalue weighted by Gasteiger charge is -2.24. The van der Waals surface area contributed by atoms with Crippen LogP contribution in [0.3, 0.4) is 0 Å². The van der Waals surface area contributed by atoms with Crippen LogP contribution in [-0.2, 0) is 46.0 Å². The van der Waals surface area contributed by atoms with Crippen LogP contribution in [0.15, 0.2) is 96.1 Å². The molecule has 0 saturated carbocycles. The quantitative estimate of drug-likeness (QED) is 0.0852. The Balaban J connectivity index is 1.49. The number of hydrazone groups is 1. The van der Waals surface area contributed by atoms with Crippen LogP contribution in [0, 0.1) is 5.41 Å². The number of ether oxygens (including phenoxy) is 2. The van der Waals surface area contributed by atoms with Crippen LogP contribution in [0.25, 0.3) is 0 Å². The molecule has 0 aromatic heterocycles. The number of unbranched alkanes of at least 4 members (excludes halogenated alkanes) is 1. The van der Waals surface area contributed by atoms with E-state index in [2.05, 4.69) is 5.10 Å². The molecule has 10 heteroatoms. The zero-order chi connectivity index (χ0) is 32.3. The van der Waals surface area contributed by atoms with Crippen molar-refractivity contribution in [2.45, 2.75) is 59.1 Å². The highest BCUT2D eigenvalue weighted by Crippen LogP contribution is 2.48. The van der Waals surface area contributed by atoms with E-state index in [0.29, 0.717) is 12.1 Å². The maximum absolute atomic E-state index is 14.1. The molecule has 0 fully saturated rings. The van der Waals surface area contributed by atoms with E-state index in [9.17, 15) is 18.9 Å². The molecule has 1 aliphatic rings. The largest absolute Gasteiger partial charge is 0.459 e. The van der Waals surface area contributed by atoms with Gasteiger partial charge in [0.25, 0.3) is 5.91 Å². The van der Waals surface area contributed by atoms with Gasteiger partial charge in [-0.1, -0.05) is 91.0 Å². The van der Waals surface area contributed by atoms with E-state index in [4.69, 9.17) is 14.0 Å². The molecule has 238 valence electrons. The zero-order valence-electron chi connectivity index (χ0n) is 26.1. The summed E-state index contributed by atoms with van der Waals surface area (Å²) in [6.45, 7) is 4.61. The lowest BCUT2D eigenvalue weighted by atomic mass is 9.98. The number of esters is 2. The van der Waals surface area contributed by atoms with Gasteiger partial charge in [0.05, 0.1) is 11.1 Å². The topological polar surface area (TPSA) is 112 Å². The molecule has 1 aliphatic heterocycles. The normalized spacial score (nSPS) is 16.0. The van der Waals surface area contributed by atoms with Crippen LogP contribution in [-0.4, -0.2) is 53.7 Å². The summed E-state index contributed by atoms with van der Waals surface area (Å²) in [5.74, 6) is -1.75. The lowest BCUT2D eigenvalue weighted by Crippen LogP contribution is -2.41. The van der Waals surface area contributed by atoms with Crippen molar-refractivity contribution in [3.05, 3.63) is 108 Å². The molecule has 0 N–H and O–H groups in total. The maximum atomic E-state index is 14.1. The van der Waals surface area contributed by atoms with Crippen molar-refractivity contribution < 1.29 is 32.9 Å². The summed E-state index contributed by atoms with van der Waals surface area (Å²) >= 11 is 0. The summed E-state index contributed by atoms with van der Waals surface area (Å²) in [5.41, 5.74) is 2.50. The Hall–Kier alpha value is -4.07. The van der Waals surface area contributed by atoms with Gasteiger partial charge in [-0.3, -0.25) is 18.7 Å². The molecule has 3 aromatic rings. The van der Waals surface area contributed by atoms with Crippen LogP contribution < -0.4 is 0 Å². The van der Waals surface area contributed by atoms with Crippen molar-refractivity contribution in [2.24, 2.45) is 10.5 Å². The second-order valence-electron chi connectivity index (χ2n) is 12.0. The lowest BCUT2D eigenvalue weighted by molar-refractivity contribution is -0.159. The predicted octanol–water partition coefficient (Wildman–Crippen LogP) is 6.60. The van der Waals surface area contributed by atoms with Crippen molar-refractivity contribution in [2.75, 3.05) is 19.1 Å². The van der Waals surface area contributed by atoms with E-state index in [0.717, 1.165) is 34.5 Å². The van der Waals surface area contributed by atoms with E-state index in [1.165, 1.54) is 0 Å². The van der Waals surface area contributed by atoms with Crippen LogP contribution in [0.4, 0.5) is 0 Å². The molecule has 0 radical (unpaired) electrons. The highest BCUT2D eigenvalue weighted by atomic mass is 31.2. The fourth-order valence-corrected chi connectivity index (χ4v) is 6.63. The number of carbonyl (C=O) groups is 3. The molecule has 45 heavy (non-hydrogen) atoms. The Labute approximate surface area is 265 Å². The average molecular weight is 633 g/mol. The number of hydrogen-bond acceptors (Lipinski definition) is 8. The second-order valence-corrected chi connectivity index (χ2v) is 14.7. The Morgan fingerprint density at radius 3 is 2.07 bits per heavy atom. The van der Waals surface area contributed by atoms with E-state index >= 15 is 0 Å². The van der Waals surface area contributed by atoms with Crippen LogP contribution in [0.5, 0.6) is 0 Å². The number of hydrogen-bond donors (Lipinski definition) is 0. The van der Waals surface area contributed by atoms with Gasteiger partial charge in [-0.15, -0.1) is 0 Å². The molecule has 2 unspecified atom stereocenters. The fourth-order valence-electron chi connectivity index (χ4n) is 4.74. The van der Waals surface area contributed by atoms with Crippen LogP contribution in [0.1, 0.15) is 56.7 Å². The first-order chi connectivity index (χ1) is 21.5. The highest BCUT2D eigenvalue weighted by Gasteiger charge is 2.41. The smallest absolute Gasteiger partial charge is 0.331 e. The summed E-state index contributed by atoms with van der Waals surface area (Å²) in [6.07, 6.45) is 1.77. The van der Waals surface area contributed by atoms with Gasteiger partial charge in [0.2, 0.25) is 7.37 Å². The molecule has 0 bridgehead atoms. The summed E-state index contributed by atoms with van der Waals surface area (Å²) in [6, 6.07) is 27.4. The third-order valence-electron chi connectivity index (χ3n) is 7.29. The molecule has 9 nitrogen and oxygen atoms in total. The number of aryl methyl sites for hydroxylation is 1. The van der Waals surface area contributed by atoms with Crippen molar-refractivity contribution in [1.82, 2.24) is 5.01 Å². The van der Waals surface area contributed by atoms with Gasteiger partial charge in [-0.05, 0) is 56.7 Å². The molecule has 0 saturated heterocycles. The summed E-state index contributed by atoms with van der Waals surface area (Å²) in [4.78, 5) is 39.4. The van der Waals surface area contributed by atoms with Crippen molar-refractivity contribution in [3.63, 3.8) is 0 Å². The predicted molar refractivity (Wildman–Crippen MR) is 173 cm³/mol. The van der Waals surface area contributed by atoms with E-state index in [1.54, 1.807) is 20.8 Å². The molecular weight excluding hydrogens is 591 g/mol. The number of nitrogens with zero attached hydrogens (tertiary/aromatic N) is 2. The van der Waals surface area contributed by atoms with Gasteiger partial charge in [-0.2, -0.15) is 5.10 Å². The van der Waals surface area contributed by atoms with Gasteiger partial charge in [0, 0.05) is 12.6 Å². The Morgan fingerprint density at radius 2 is 1.44 bits per heavy atom. The van der Waals surface area contributed by atoms with Crippen molar-refractivity contribution in [3.8, 4) is 0 Å². The molecular formula is C35H41N2O7P. The Bertz CT molecular complexity index is 1510. The van der Waals surface area contributed by atoms with E-state index < -0.39 is 49.6 Å². The minimum atomic E-state index is -3.66. The van der Waals surface area contributed by atoms with Crippen LogP contribution in [0.2, 0.25) is 0 Å². The summed E-state index contributed by atoms with van der Waals surface area (Å²) < 4.78 is 30.6. The number of rotatable bonds is 14. The SMILES string of the molecule is CC(C)(C)C(=O)OCOP(=O)(CCCCc1ccccc1)CC(=O)N1N=C(c2ccccc2)CC1C(=O)OCc1ccccc1. The molecule has 0 spiro atoms. The van der Waals surface area contributed by atoms with E-state index in [1.807, 2.05) is 91.0 Å². The van der Waals surface area contributed by atoms with Gasteiger partial charge < -0.3 is 9.47 Å². The second kappa shape index (κ2) is 15.8. The summed E-state index contributed by atoms with van der Waals surface area (Å²) in [7, 11) is -3.66. The molecule has 1 heterocycles. The van der Waals surface area contributed by atoms with Crippen molar-refractivity contribution in [1.29, 1.82) is 0 Å². The van der Waals surface area contributed by atoms with Crippen molar-refractivity contribution >= 4 is 30.9 Å². The van der Waals surface area contributed by atoms with Gasteiger partial charge in [-0.25, -0.2) is 9.80 Å². The number of carbonyl (C=O) groups excluding carboxylic acids is 3. The van der Waals surface area contributed by atoms with E-state index in [-0.39, 0.29) is 19.2 Å². The Kier molecular flexibility index (Phi) is 11.9. The molecule has 0 aliphatic carbocycles. The minimum absolute atomic E-state index is 0.0427. The van der Waals surface area contributed by atoms with Crippen LogP contribution >= 0.6 is 7.37 Å². The molecule has 2 atom stereocenters.